The van der Waals surface area contributed by atoms with Crippen molar-refractivity contribution in [3.8, 4) is 6.07 Å². The minimum Gasteiger partial charge on any atom is -0.373 e. The number of anilines is 1. The van der Waals surface area contributed by atoms with E-state index in [1.54, 1.807) is 0 Å². The zero-order valence-electron chi connectivity index (χ0n) is 9.33. The molecule has 0 radical (unpaired) electrons. The van der Waals surface area contributed by atoms with Crippen LogP contribution in [-0.2, 0) is 0 Å². The Labute approximate surface area is 91.4 Å². The van der Waals surface area contributed by atoms with Gasteiger partial charge in [-0.15, -0.1) is 6.58 Å². The van der Waals surface area contributed by atoms with Crippen LogP contribution in [0.2, 0.25) is 0 Å². The Balaban J connectivity index is 2.77. The minimum atomic E-state index is 0.724. The summed E-state index contributed by atoms with van der Waals surface area (Å²) in [6, 6.07) is 9.84. The van der Waals surface area contributed by atoms with E-state index in [4.69, 9.17) is 5.26 Å². The number of hydrogen-bond acceptors (Lipinski definition) is 2. The van der Waals surface area contributed by atoms with E-state index in [2.05, 4.69) is 17.5 Å². The zero-order valence-corrected chi connectivity index (χ0v) is 9.33. The van der Waals surface area contributed by atoms with Crippen LogP contribution in [0, 0.1) is 11.3 Å². The summed E-state index contributed by atoms with van der Waals surface area (Å²) in [6.45, 7) is 6.79. The van der Waals surface area contributed by atoms with E-state index in [1.165, 1.54) is 0 Å². The van der Waals surface area contributed by atoms with Gasteiger partial charge in [-0.05, 0) is 25.5 Å². The summed E-state index contributed by atoms with van der Waals surface area (Å²) >= 11 is 0. The third-order valence-electron chi connectivity index (χ3n) is 2.31. The first-order chi connectivity index (χ1) is 7.15. The molecule has 0 atom stereocenters. The topological polar surface area (TPSA) is 27.0 Å². The quantitative estimate of drug-likeness (QED) is 0.699. The van der Waals surface area contributed by atoms with Crippen molar-refractivity contribution < 1.29 is 0 Å². The van der Waals surface area contributed by atoms with Gasteiger partial charge >= 0.3 is 0 Å². The van der Waals surface area contributed by atoms with Gasteiger partial charge in [0.1, 0.15) is 6.07 Å². The Morgan fingerprint density at radius 2 is 2.13 bits per heavy atom. The molecule has 1 aromatic rings. The molecule has 2 nitrogen and oxygen atoms in total. The summed E-state index contributed by atoms with van der Waals surface area (Å²) in [7, 11) is 2.00. The molecule has 1 rings (SSSR count). The first kappa shape index (κ1) is 11.3. The fraction of sp³-hybridized carbons (Fsp3) is 0.308. The molecule has 0 unspecified atom stereocenters. The summed E-state index contributed by atoms with van der Waals surface area (Å²) in [6.07, 6.45) is 0.955. The van der Waals surface area contributed by atoms with Crippen molar-refractivity contribution in [1.82, 2.24) is 0 Å². The van der Waals surface area contributed by atoms with Gasteiger partial charge in [-0.1, -0.05) is 17.7 Å². The number of nitriles is 1. The second-order valence-electron chi connectivity index (χ2n) is 3.76. The smallest absolute Gasteiger partial charge is 0.101 e. The van der Waals surface area contributed by atoms with Crippen molar-refractivity contribution in [3.05, 3.63) is 42.0 Å². The van der Waals surface area contributed by atoms with Gasteiger partial charge in [0, 0.05) is 13.6 Å². The number of hydrogen-bond donors (Lipinski definition) is 0. The van der Waals surface area contributed by atoms with Gasteiger partial charge in [-0.3, -0.25) is 0 Å². The van der Waals surface area contributed by atoms with Crippen LogP contribution in [0.3, 0.4) is 0 Å². The molecule has 0 amide bonds. The van der Waals surface area contributed by atoms with Crippen molar-refractivity contribution >= 4 is 5.69 Å². The van der Waals surface area contributed by atoms with Crippen molar-refractivity contribution in [2.24, 2.45) is 0 Å². The molecule has 15 heavy (non-hydrogen) atoms. The Bertz CT molecular complexity index is 388. The van der Waals surface area contributed by atoms with E-state index in [9.17, 15) is 0 Å². The average Bonchev–Trinajstić information content (AvgIpc) is 2.25. The summed E-state index contributed by atoms with van der Waals surface area (Å²) < 4.78 is 0. The lowest BCUT2D eigenvalue weighted by atomic mass is 10.1. The first-order valence-electron chi connectivity index (χ1n) is 5.00. The first-order valence-corrected chi connectivity index (χ1v) is 5.00. The van der Waals surface area contributed by atoms with E-state index in [-0.39, 0.29) is 0 Å². The van der Waals surface area contributed by atoms with E-state index >= 15 is 0 Å². The number of para-hydroxylation sites is 1. The maximum absolute atomic E-state index is 8.95. The Morgan fingerprint density at radius 1 is 1.47 bits per heavy atom. The summed E-state index contributed by atoms with van der Waals surface area (Å²) in [5.74, 6) is 0. The maximum atomic E-state index is 8.95. The molecule has 1 aromatic carbocycles. The van der Waals surface area contributed by atoms with Gasteiger partial charge in [-0.2, -0.15) is 5.26 Å². The largest absolute Gasteiger partial charge is 0.373 e. The highest BCUT2D eigenvalue weighted by atomic mass is 15.1. The van der Waals surface area contributed by atoms with Crippen LogP contribution in [0.15, 0.2) is 36.4 Å². The highest BCUT2D eigenvalue weighted by molar-refractivity contribution is 5.58. The normalized spacial score (nSPS) is 9.40. The summed E-state index contributed by atoms with van der Waals surface area (Å²) in [5, 5.41) is 8.95. The molecule has 0 aliphatic carbocycles. The Morgan fingerprint density at radius 3 is 2.73 bits per heavy atom. The minimum absolute atomic E-state index is 0.724. The molecular weight excluding hydrogens is 184 g/mol. The predicted octanol–water partition coefficient (Wildman–Crippen LogP) is 2.96. The standard InChI is InChI=1S/C13H16N2/c1-11(2)8-9-15(3)13-7-5-4-6-12(13)10-14/h4-7H,1,8-9H2,2-3H3. The molecule has 0 fully saturated rings. The lowest BCUT2D eigenvalue weighted by Crippen LogP contribution is -2.19. The van der Waals surface area contributed by atoms with E-state index < -0.39 is 0 Å². The molecule has 0 aromatic heterocycles. The van der Waals surface area contributed by atoms with Crippen LogP contribution >= 0.6 is 0 Å². The van der Waals surface area contributed by atoms with Gasteiger partial charge in [0.25, 0.3) is 0 Å². The molecule has 0 saturated heterocycles. The maximum Gasteiger partial charge on any atom is 0.101 e. The van der Waals surface area contributed by atoms with E-state index in [1.807, 2.05) is 38.2 Å². The molecule has 0 bridgehead atoms. The number of benzene rings is 1. The average molecular weight is 200 g/mol. The fourth-order valence-electron chi connectivity index (χ4n) is 1.38. The molecule has 0 spiro atoms. The number of nitrogens with zero attached hydrogens (tertiary/aromatic N) is 2. The van der Waals surface area contributed by atoms with Gasteiger partial charge in [0.15, 0.2) is 0 Å². The van der Waals surface area contributed by atoms with Gasteiger partial charge in [0.05, 0.1) is 11.3 Å². The van der Waals surface area contributed by atoms with Gasteiger partial charge < -0.3 is 4.90 Å². The highest BCUT2D eigenvalue weighted by Crippen LogP contribution is 2.18. The van der Waals surface area contributed by atoms with Crippen LogP contribution < -0.4 is 4.90 Å². The monoisotopic (exact) mass is 200 g/mol. The van der Waals surface area contributed by atoms with Crippen LogP contribution in [-0.4, -0.2) is 13.6 Å². The Kier molecular flexibility index (Phi) is 3.93. The van der Waals surface area contributed by atoms with Crippen molar-refractivity contribution in [2.45, 2.75) is 13.3 Å². The third kappa shape index (κ3) is 3.14. The molecule has 78 valence electrons. The third-order valence-corrected chi connectivity index (χ3v) is 2.31. The zero-order chi connectivity index (χ0) is 11.3. The molecular formula is C13H16N2. The predicted molar refractivity (Wildman–Crippen MR) is 63.9 cm³/mol. The molecule has 0 heterocycles. The molecule has 0 aliphatic rings. The van der Waals surface area contributed by atoms with Crippen molar-refractivity contribution in [1.29, 1.82) is 5.26 Å². The lowest BCUT2D eigenvalue weighted by molar-refractivity contribution is 0.868. The number of rotatable bonds is 4. The molecule has 0 aliphatic heterocycles. The highest BCUT2D eigenvalue weighted by Gasteiger charge is 2.05. The van der Waals surface area contributed by atoms with Crippen LogP contribution in [0.4, 0.5) is 5.69 Å². The Hall–Kier alpha value is -1.75. The lowest BCUT2D eigenvalue weighted by Gasteiger charge is -2.20. The van der Waals surface area contributed by atoms with E-state index in [0.29, 0.717) is 0 Å². The summed E-state index contributed by atoms with van der Waals surface area (Å²) in [5.41, 5.74) is 2.87. The van der Waals surface area contributed by atoms with Gasteiger partial charge in [-0.25, -0.2) is 0 Å². The second kappa shape index (κ2) is 5.21. The van der Waals surface area contributed by atoms with Crippen molar-refractivity contribution in [2.75, 3.05) is 18.5 Å². The SMILES string of the molecule is C=C(C)CCN(C)c1ccccc1C#N. The fourth-order valence-corrected chi connectivity index (χ4v) is 1.38. The second-order valence-corrected chi connectivity index (χ2v) is 3.76. The van der Waals surface area contributed by atoms with Gasteiger partial charge in [0.2, 0.25) is 0 Å². The van der Waals surface area contributed by atoms with Crippen molar-refractivity contribution in [3.63, 3.8) is 0 Å². The molecule has 0 N–H and O–H groups in total. The van der Waals surface area contributed by atoms with Crippen LogP contribution in [0.5, 0.6) is 0 Å². The van der Waals surface area contributed by atoms with Crippen LogP contribution in [0.1, 0.15) is 18.9 Å². The molecule has 0 saturated carbocycles. The molecule has 2 heteroatoms. The van der Waals surface area contributed by atoms with Crippen LogP contribution in [0.25, 0.3) is 0 Å². The van der Waals surface area contributed by atoms with E-state index in [0.717, 1.165) is 29.8 Å². The summed E-state index contributed by atoms with van der Waals surface area (Å²) in [4.78, 5) is 2.09.